The summed E-state index contributed by atoms with van der Waals surface area (Å²) in [6.45, 7) is 7.86. The van der Waals surface area contributed by atoms with Crippen molar-refractivity contribution in [3.05, 3.63) is 0 Å². The molecule has 0 unspecified atom stereocenters. The molecule has 0 aromatic heterocycles. The standard InChI is InChI=1S/C11H20O4/c1-8(2)7-14-10(12)5-6-11(13)15-9(3)4/h8-9H,5-7H2,1-4H3. The van der Waals surface area contributed by atoms with Gasteiger partial charge in [0.2, 0.25) is 0 Å². The minimum Gasteiger partial charge on any atom is -0.465 e. The molecule has 0 saturated heterocycles. The predicted octanol–water partition coefficient (Wildman–Crippen LogP) is 1.92. The highest BCUT2D eigenvalue weighted by molar-refractivity contribution is 5.77. The molecular weight excluding hydrogens is 196 g/mol. The lowest BCUT2D eigenvalue weighted by Gasteiger charge is -2.08. The van der Waals surface area contributed by atoms with Crippen LogP contribution in [0.15, 0.2) is 0 Å². The third-order valence-electron chi connectivity index (χ3n) is 1.48. The lowest BCUT2D eigenvalue weighted by molar-refractivity contribution is -0.153. The summed E-state index contributed by atoms with van der Waals surface area (Å²) in [5.74, 6) is -0.382. The summed E-state index contributed by atoms with van der Waals surface area (Å²) in [5.41, 5.74) is 0. The van der Waals surface area contributed by atoms with Gasteiger partial charge in [0, 0.05) is 0 Å². The number of carbonyl (C=O) groups is 2. The molecule has 0 amide bonds. The van der Waals surface area contributed by atoms with Crippen molar-refractivity contribution in [3.8, 4) is 0 Å². The van der Waals surface area contributed by atoms with Crippen molar-refractivity contribution < 1.29 is 19.1 Å². The number of rotatable bonds is 6. The van der Waals surface area contributed by atoms with E-state index in [2.05, 4.69) is 0 Å². The number of hydrogen-bond acceptors (Lipinski definition) is 4. The highest BCUT2D eigenvalue weighted by Crippen LogP contribution is 2.00. The molecule has 0 N–H and O–H groups in total. The van der Waals surface area contributed by atoms with Gasteiger partial charge < -0.3 is 9.47 Å². The van der Waals surface area contributed by atoms with Crippen LogP contribution in [0.5, 0.6) is 0 Å². The zero-order valence-electron chi connectivity index (χ0n) is 9.91. The number of carbonyl (C=O) groups excluding carboxylic acids is 2. The Morgan fingerprint density at radius 2 is 1.53 bits per heavy atom. The summed E-state index contributed by atoms with van der Waals surface area (Å²) in [5, 5.41) is 0. The van der Waals surface area contributed by atoms with Crippen molar-refractivity contribution in [2.75, 3.05) is 6.61 Å². The minimum atomic E-state index is -0.355. The molecule has 0 aliphatic rings. The summed E-state index contributed by atoms with van der Waals surface area (Å²) in [6.07, 6.45) is 0.0529. The first-order valence-electron chi connectivity index (χ1n) is 5.27. The van der Waals surface area contributed by atoms with Crippen molar-refractivity contribution in [2.24, 2.45) is 5.92 Å². The molecule has 0 aromatic carbocycles. The monoisotopic (exact) mass is 216 g/mol. The summed E-state index contributed by atoms with van der Waals surface area (Å²) in [6, 6.07) is 0. The molecule has 4 nitrogen and oxygen atoms in total. The Morgan fingerprint density at radius 3 is 2.00 bits per heavy atom. The first kappa shape index (κ1) is 13.9. The van der Waals surface area contributed by atoms with Gasteiger partial charge in [0.15, 0.2) is 0 Å². The predicted molar refractivity (Wildman–Crippen MR) is 56.3 cm³/mol. The van der Waals surface area contributed by atoms with E-state index in [1.165, 1.54) is 0 Å². The zero-order valence-corrected chi connectivity index (χ0v) is 9.91. The number of esters is 2. The Hall–Kier alpha value is -1.06. The Kier molecular flexibility index (Phi) is 6.75. The van der Waals surface area contributed by atoms with Gasteiger partial charge in [-0.05, 0) is 19.8 Å². The molecule has 4 heteroatoms. The molecule has 0 radical (unpaired) electrons. The fourth-order valence-electron chi connectivity index (χ4n) is 0.858. The molecule has 0 fully saturated rings. The maximum atomic E-state index is 11.1. The van der Waals surface area contributed by atoms with Crippen LogP contribution in [0.1, 0.15) is 40.5 Å². The highest BCUT2D eigenvalue weighted by Gasteiger charge is 2.10. The molecule has 0 bridgehead atoms. The fraction of sp³-hybridized carbons (Fsp3) is 0.818. The van der Waals surface area contributed by atoms with Crippen molar-refractivity contribution >= 4 is 11.9 Å². The van der Waals surface area contributed by atoms with E-state index in [0.717, 1.165) is 0 Å². The van der Waals surface area contributed by atoms with E-state index < -0.39 is 0 Å². The Morgan fingerprint density at radius 1 is 1.00 bits per heavy atom. The first-order valence-corrected chi connectivity index (χ1v) is 5.27. The molecule has 0 heterocycles. The molecule has 0 atom stereocenters. The molecule has 0 saturated carbocycles. The molecule has 88 valence electrons. The van der Waals surface area contributed by atoms with Crippen LogP contribution in [-0.2, 0) is 19.1 Å². The number of ether oxygens (including phenoxy) is 2. The Bertz CT molecular complexity index is 209. The van der Waals surface area contributed by atoms with Gasteiger partial charge in [0.1, 0.15) is 0 Å². The van der Waals surface area contributed by atoms with Gasteiger partial charge in [-0.2, -0.15) is 0 Å². The third-order valence-corrected chi connectivity index (χ3v) is 1.48. The van der Waals surface area contributed by atoms with Gasteiger partial charge in [-0.1, -0.05) is 13.8 Å². The molecule has 0 aliphatic carbocycles. The van der Waals surface area contributed by atoms with Crippen LogP contribution >= 0.6 is 0 Å². The average Bonchev–Trinajstić information content (AvgIpc) is 2.10. The van der Waals surface area contributed by atoms with E-state index in [1.807, 2.05) is 13.8 Å². The third kappa shape index (κ3) is 9.25. The van der Waals surface area contributed by atoms with Gasteiger partial charge in [0.05, 0.1) is 25.6 Å². The minimum absolute atomic E-state index is 0.0924. The first-order chi connectivity index (χ1) is 6.91. The summed E-state index contributed by atoms with van der Waals surface area (Å²) in [7, 11) is 0. The van der Waals surface area contributed by atoms with Crippen molar-refractivity contribution in [2.45, 2.75) is 46.6 Å². The quantitative estimate of drug-likeness (QED) is 0.636. The fourth-order valence-corrected chi connectivity index (χ4v) is 0.858. The normalized spacial score (nSPS) is 10.5. The largest absolute Gasteiger partial charge is 0.465 e. The molecule has 0 rings (SSSR count). The second-order valence-electron chi connectivity index (χ2n) is 4.12. The highest BCUT2D eigenvalue weighted by atomic mass is 16.5. The summed E-state index contributed by atoms with van der Waals surface area (Å²) < 4.78 is 9.79. The van der Waals surface area contributed by atoms with Crippen LogP contribution in [0.4, 0.5) is 0 Å². The summed E-state index contributed by atoms with van der Waals surface area (Å²) >= 11 is 0. The topological polar surface area (TPSA) is 52.6 Å². The van der Waals surface area contributed by atoms with Crippen LogP contribution in [0.3, 0.4) is 0 Å². The van der Waals surface area contributed by atoms with Crippen molar-refractivity contribution in [1.82, 2.24) is 0 Å². The molecule has 15 heavy (non-hydrogen) atoms. The van der Waals surface area contributed by atoms with Crippen LogP contribution < -0.4 is 0 Å². The van der Waals surface area contributed by atoms with Gasteiger partial charge >= 0.3 is 11.9 Å². The zero-order chi connectivity index (χ0) is 11.8. The van der Waals surface area contributed by atoms with Crippen LogP contribution in [-0.4, -0.2) is 24.6 Å². The van der Waals surface area contributed by atoms with Crippen LogP contribution in [0, 0.1) is 5.92 Å². The molecule has 0 aliphatic heterocycles. The van der Waals surface area contributed by atoms with E-state index in [0.29, 0.717) is 12.5 Å². The van der Waals surface area contributed by atoms with Crippen LogP contribution in [0.25, 0.3) is 0 Å². The van der Waals surface area contributed by atoms with Gasteiger partial charge in [-0.25, -0.2) is 0 Å². The Balaban J connectivity index is 3.58. The van der Waals surface area contributed by atoms with Gasteiger partial charge in [-0.3, -0.25) is 9.59 Å². The molecular formula is C11H20O4. The smallest absolute Gasteiger partial charge is 0.306 e. The molecule has 0 aromatic rings. The van der Waals surface area contributed by atoms with Gasteiger partial charge in [-0.15, -0.1) is 0 Å². The average molecular weight is 216 g/mol. The SMILES string of the molecule is CC(C)COC(=O)CCC(=O)OC(C)C. The number of hydrogen-bond donors (Lipinski definition) is 0. The van der Waals surface area contributed by atoms with Crippen LogP contribution in [0.2, 0.25) is 0 Å². The molecule has 0 spiro atoms. The lowest BCUT2D eigenvalue weighted by Crippen LogP contribution is -2.15. The maximum Gasteiger partial charge on any atom is 0.306 e. The lowest BCUT2D eigenvalue weighted by atomic mass is 10.2. The van der Waals surface area contributed by atoms with E-state index in [4.69, 9.17) is 9.47 Å². The maximum absolute atomic E-state index is 11.1. The van der Waals surface area contributed by atoms with Crippen molar-refractivity contribution in [1.29, 1.82) is 0 Å². The second kappa shape index (κ2) is 7.26. The Labute approximate surface area is 90.9 Å². The van der Waals surface area contributed by atoms with E-state index in [9.17, 15) is 9.59 Å². The van der Waals surface area contributed by atoms with E-state index >= 15 is 0 Å². The van der Waals surface area contributed by atoms with E-state index in [1.54, 1.807) is 13.8 Å². The second-order valence-corrected chi connectivity index (χ2v) is 4.12. The van der Waals surface area contributed by atoms with E-state index in [-0.39, 0.29) is 30.9 Å². The van der Waals surface area contributed by atoms with Crippen molar-refractivity contribution in [3.63, 3.8) is 0 Å². The van der Waals surface area contributed by atoms with Gasteiger partial charge in [0.25, 0.3) is 0 Å². The summed E-state index contributed by atoms with van der Waals surface area (Å²) in [4.78, 5) is 22.2.